The number of allylic oxidation sites excluding steroid dienone is 1. The summed E-state index contributed by atoms with van der Waals surface area (Å²) in [6.07, 6.45) is 4.93. The molecule has 22 heavy (non-hydrogen) atoms. The van der Waals surface area contributed by atoms with Crippen LogP contribution in [0.5, 0.6) is 0 Å². The molecule has 1 aliphatic heterocycles. The monoisotopic (exact) mass is 293 g/mol. The quantitative estimate of drug-likeness (QED) is 0.849. The van der Waals surface area contributed by atoms with Crippen molar-refractivity contribution in [3.63, 3.8) is 0 Å². The molecule has 114 valence electrons. The zero-order chi connectivity index (χ0) is 15.6. The lowest BCUT2D eigenvalue weighted by Gasteiger charge is -2.42. The summed E-state index contributed by atoms with van der Waals surface area (Å²) >= 11 is 0. The topological polar surface area (TPSA) is 23.5 Å². The second-order valence-electron chi connectivity index (χ2n) is 5.97. The van der Waals surface area contributed by atoms with E-state index in [1.165, 1.54) is 16.2 Å². The summed E-state index contributed by atoms with van der Waals surface area (Å²) in [5, 5.41) is 12.2. The Bertz CT molecular complexity index is 671. The third kappa shape index (κ3) is 2.44. The van der Waals surface area contributed by atoms with Crippen LogP contribution in [0.4, 0.5) is 5.69 Å². The highest BCUT2D eigenvalue weighted by Gasteiger charge is 2.36. The first-order valence-corrected chi connectivity index (χ1v) is 8.04. The van der Waals surface area contributed by atoms with Gasteiger partial charge in [0.1, 0.15) is 0 Å². The minimum atomic E-state index is -0.307. The van der Waals surface area contributed by atoms with Crippen LogP contribution in [0.25, 0.3) is 5.57 Å². The van der Waals surface area contributed by atoms with Crippen molar-refractivity contribution in [2.75, 3.05) is 5.06 Å². The number of para-hydroxylation sites is 1. The van der Waals surface area contributed by atoms with E-state index in [9.17, 15) is 5.21 Å². The number of rotatable bonds is 4. The number of fused-ring (bicyclic) bond motifs is 1. The average molecular weight is 293 g/mol. The Balaban J connectivity index is 2.09. The molecule has 0 bridgehead atoms. The van der Waals surface area contributed by atoms with Gasteiger partial charge in [-0.15, -0.1) is 0 Å². The van der Waals surface area contributed by atoms with Crippen LogP contribution in [0, 0.1) is 0 Å². The summed E-state index contributed by atoms with van der Waals surface area (Å²) in [5.41, 5.74) is 4.34. The van der Waals surface area contributed by atoms with Gasteiger partial charge in [0.15, 0.2) is 0 Å². The van der Waals surface area contributed by atoms with Gasteiger partial charge in [0.05, 0.1) is 11.2 Å². The van der Waals surface area contributed by atoms with Crippen LogP contribution in [-0.4, -0.2) is 10.7 Å². The van der Waals surface area contributed by atoms with Crippen LogP contribution in [0.1, 0.15) is 37.8 Å². The minimum Gasteiger partial charge on any atom is -0.288 e. The molecular weight excluding hydrogens is 270 g/mol. The standard InChI is InChI=1S/C20H23NO/c1-3-20(4-2)15-17(14-16-10-6-5-7-11-16)18-12-8-9-13-19(18)21(20)22/h5-13,15,22H,3-4,14H2,1-2H3. The predicted molar refractivity (Wildman–Crippen MR) is 92.1 cm³/mol. The van der Waals surface area contributed by atoms with Crippen molar-refractivity contribution in [2.24, 2.45) is 0 Å². The van der Waals surface area contributed by atoms with E-state index in [0.29, 0.717) is 0 Å². The van der Waals surface area contributed by atoms with E-state index in [4.69, 9.17) is 0 Å². The van der Waals surface area contributed by atoms with Crippen molar-refractivity contribution >= 4 is 11.3 Å². The van der Waals surface area contributed by atoms with E-state index in [2.05, 4.69) is 50.3 Å². The van der Waals surface area contributed by atoms with Gasteiger partial charge >= 0.3 is 0 Å². The van der Waals surface area contributed by atoms with Crippen LogP contribution in [0.15, 0.2) is 60.7 Å². The van der Waals surface area contributed by atoms with Crippen molar-refractivity contribution in [2.45, 2.75) is 38.6 Å². The predicted octanol–water partition coefficient (Wildman–Crippen LogP) is 5.08. The molecule has 0 fully saturated rings. The Morgan fingerprint density at radius 2 is 1.55 bits per heavy atom. The van der Waals surface area contributed by atoms with E-state index in [-0.39, 0.29) is 5.54 Å². The summed E-state index contributed by atoms with van der Waals surface area (Å²) in [4.78, 5) is 0. The number of hydroxylamine groups is 1. The summed E-state index contributed by atoms with van der Waals surface area (Å²) in [6, 6.07) is 18.7. The first-order valence-electron chi connectivity index (χ1n) is 8.04. The van der Waals surface area contributed by atoms with E-state index < -0.39 is 0 Å². The van der Waals surface area contributed by atoms with Gasteiger partial charge in [0.25, 0.3) is 0 Å². The smallest absolute Gasteiger partial charge is 0.0852 e. The first kappa shape index (κ1) is 14.9. The third-order valence-corrected chi connectivity index (χ3v) is 4.80. The number of nitrogens with zero attached hydrogens (tertiary/aromatic N) is 1. The summed E-state index contributed by atoms with van der Waals surface area (Å²) < 4.78 is 0. The second kappa shape index (κ2) is 5.98. The first-order chi connectivity index (χ1) is 10.7. The van der Waals surface area contributed by atoms with E-state index in [1.54, 1.807) is 0 Å². The lowest BCUT2D eigenvalue weighted by Crippen LogP contribution is -2.47. The molecule has 0 radical (unpaired) electrons. The molecule has 2 nitrogen and oxygen atoms in total. The van der Waals surface area contributed by atoms with Crippen LogP contribution in [-0.2, 0) is 6.42 Å². The zero-order valence-electron chi connectivity index (χ0n) is 13.3. The summed E-state index contributed by atoms with van der Waals surface area (Å²) in [6.45, 7) is 4.27. The molecule has 0 saturated heterocycles. The Morgan fingerprint density at radius 1 is 0.909 bits per heavy atom. The molecule has 0 saturated carbocycles. The second-order valence-corrected chi connectivity index (χ2v) is 5.97. The molecule has 0 amide bonds. The molecular formula is C20H23NO. The van der Waals surface area contributed by atoms with Gasteiger partial charge in [-0.05, 0) is 36.5 Å². The van der Waals surface area contributed by atoms with Crippen LogP contribution < -0.4 is 5.06 Å². The third-order valence-electron chi connectivity index (χ3n) is 4.80. The molecule has 0 unspecified atom stereocenters. The number of anilines is 1. The normalized spacial score (nSPS) is 16.1. The van der Waals surface area contributed by atoms with Crippen LogP contribution >= 0.6 is 0 Å². The molecule has 0 atom stereocenters. The lowest BCUT2D eigenvalue weighted by atomic mass is 9.81. The molecule has 2 aromatic rings. The number of hydrogen-bond donors (Lipinski definition) is 1. The SMILES string of the molecule is CCC1(CC)C=C(Cc2ccccc2)c2ccccc2N1O. The Labute approximate surface area is 132 Å². The zero-order valence-corrected chi connectivity index (χ0v) is 13.3. The lowest BCUT2D eigenvalue weighted by molar-refractivity contribution is 0.167. The van der Waals surface area contributed by atoms with Crippen molar-refractivity contribution in [3.05, 3.63) is 71.8 Å². The highest BCUT2D eigenvalue weighted by molar-refractivity contribution is 5.82. The largest absolute Gasteiger partial charge is 0.288 e. The summed E-state index contributed by atoms with van der Waals surface area (Å²) in [5.74, 6) is 0. The van der Waals surface area contributed by atoms with E-state index >= 15 is 0 Å². The molecule has 0 aromatic heterocycles. The van der Waals surface area contributed by atoms with Gasteiger partial charge in [-0.2, -0.15) is 0 Å². The Morgan fingerprint density at radius 3 is 2.23 bits per heavy atom. The Kier molecular flexibility index (Phi) is 4.04. The highest BCUT2D eigenvalue weighted by atomic mass is 16.5. The van der Waals surface area contributed by atoms with Crippen molar-refractivity contribution < 1.29 is 5.21 Å². The maximum Gasteiger partial charge on any atom is 0.0852 e. The molecule has 0 spiro atoms. The Hall–Kier alpha value is -2.06. The van der Waals surface area contributed by atoms with Crippen molar-refractivity contribution in [1.82, 2.24) is 0 Å². The van der Waals surface area contributed by atoms with Gasteiger partial charge in [-0.25, -0.2) is 5.06 Å². The van der Waals surface area contributed by atoms with Crippen molar-refractivity contribution in [3.8, 4) is 0 Å². The molecule has 2 aromatic carbocycles. The molecule has 1 heterocycles. The minimum absolute atomic E-state index is 0.307. The van der Waals surface area contributed by atoms with Gasteiger partial charge in [-0.3, -0.25) is 5.21 Å². The van der Waals surface area contributed by atoms with Crippen LogP contribution in [0.2, 0.25) is 0 Å². The van der Waals surface area contributed by atoms with Gasteiger partial charge in [-0.1, -0.05) is 68.5 Å². The van der Waals surface area contributed by atoms with Gasteiger partial charge in [0, 0.05) is 5.56 Å². The summed E-state index contributed by atoms with van der Waals surface area (Å²) in [7, 11) is 0. The van der Waals surface area contributed by atoms with Crippen molar-refractivity contribution in [1.29, 1.82) is 0 Å². The molecule has 3 rings (SSSR count). The average Bonchev–Trinajstić information content (AvgIpc) is 2.59. The van der Waals surface area contributed by atoms with Crippen LogP contribution in [0.3, 0.4) is 0 Å². The number of hydrogen-bond acceptors (Lipinski definition) is 2. The molecule has 1 N–H and O–H groups in total. The highest BCUT2D eigenvalue weighted by Crippen LogP contribution is 2.42. The van der Waals surface area contributed by atoms with E-state index in [0.717, 1.165) is 30.5 Å². The van der Waals surface area contributed by atoms with E-state index in [1.807, 2.05) is 24.3 Å². The fraction of sp³-hybridized carbons (Fsp3) is 0.300. The molecule has 2 heteroatoms. The fourth-order valence-corrected chi connectivity index (χ4v) is 3.35. The van der Waals surface area contributed by atoms with Gasteiger partial charge in [0.2, 0.25) is 0 Å². The maximum atomic E-state index is 10.7. The maximum absolute atomic E-state index is 10.7. The molecule has 0 aliphatic carbocycles. The molecule has 1 aliphatic rings. The van der Waals surface area contributed by atoms with Gasteiger partial charge < -0.3 is 0 Å². The number of benzene rings is 2. The fourth-order valence-electron chi connectivity index (χ4n) is 3.35.